The fourth-order valence-corrected chi connectivity index (χ4v) is 1.80. The molecule has 0 radical (unpaired) electrons. The molecule has 0 aromatic rings. The zero-order chi connectivity index (χ0) is 10.6. The fraction of sp³-hybridized carbons (Fsp3) is 0.875. The van der Waals surface area contributed by atoms with Crippen molar-refractivity contribution in [1.82, 2.24) is 0 Å². The first-order valence-electron chi connectivity index (χ1n) is 4.18. The Bertz CT molecular complexity index is 269. The van der Waals surface area contributed by atoms with E-state index >= 15 is 0 Å². The van der Waals surface area contributed by atoms with Crippen LogP contribution in [0.3, 0.4) is 0 Å². The van der Waals surface area contributed by atoms with Gasteiger partial charge in [0.25, 0.3) is 0 Å². The van der Waals surface area contributed by atoms with Gasteiger partial charge in [-0.2, -0.15) is 0 Å². The molecule has 2 atom stereocenters. The molecular formula is C8H17NO3S. The van der Waals surface area contributed by atoms with Crippen LogP contribution in [0.4, 0.5) is 0 Å². The summed E-state index contributed by atoms with van der Waals surface area (Å²) >= 11 is 0. The van der Waals surface area contributed by atoms with Crippen LogP contribution in [0.5, 0.6) is 0 Å². The van der Waals surface area contributed by atoms with E-state index in [1.165, 1.54) is 6.26 Å². The molecule has 2 N–H and O–H groups in total. The molecule has 0 spiro atoms. The first kappa shape index (κ1) is 12.4. The largest absolute Gasteiger partial charge is 0.481 e. The molecular weight excluding hydrogens is 190 g/mol. The minimum absolute atomic E-state index is 0.0271. The average Bonchev–Trinajstić information content (AvgIpc) is 1.82. The summed E-state index contributed by atoms with van der Waals surface area (Å²) in [7, 11) is -2.55. The first-order valence-corrected chi connectivity index (χ1v) is 6.32. The Morgan fingerprint density at radius 2 is 2.00 bits per heavy atom. The van der Waals surface area contributed by atoms with E-state index in [9.17, 15) is 9.00 Å². The molecule has 0 rings (SSSR count). The number of rotatable bonds is 5. The number of carboxylic acid groups (broad SMARTS) is 1. The molecule has 4 nitrogen and oxygen atoms in total. The molecule has 0 aromatic heterocycles. The van der Waals surface area contributed by atoms with Crippen molar-refractivity contribution < 1.29 is 14.1 Å². The molecule has 0 aliphatic carbocycles. The van der Waals surface area contributed by atoms with E-state index in [-0.39, 0.29) is 11.7 Å². The second-order valence-electron chi connectivity index (χ2n) is 3.69. The number of carboxylic acids is 1. The van der Waals surface area contributed by atoms with Gasteiger partial charge in [-0.05, 0) is 12.3 Å². The summed E-state index contributed by atoms with van der Waals surface area (Å²) in [5.41, 5.74) is 0. The number of hydrogen-bond donors (Lipinski definition) is 2. The van der Waals surface area contributed by atoms with Crippen LogP contribution in [0.25, 0.3) is 0 Å². The highest BCUT2D eigenvalue weighted by atomic mass is 32.2. The molecule has 13 heavy (non-hydrogen) atoms. The molecule has 0 aromatic carbocycles. The van der Waals surface area contributed by atoms with Crippen molar-refractivity contribution in [1.29, 1.82) is 4.78 Å². The lowest BCUT2D eigenvalue weighted by Crippen LogP contribution is -2.22. The quantitative estimate of drug-likeness (QED) is 0.715. The van der Waals surface area contributed by atoms with Crippen molar-refractivity contribution in [3.63, 3.8) is 0 Å². The molecule has 0 aliphatic heterocycles. The smallest absolute Gasteiger partial charge is 0.306 e. The second-order valence-corrected chi connectivity index (χ2v) is 6.10. The van der Waals surface area contributed by atoms with Gasteiger partial charge in [0.15, 0.2) is 0 Å². The third-order valence-electron chi connectivity index (χ3n) is 1.94. The number of aliphatic carboxylic acids is 1. The Morgan fingerprint density at radius 3 is 2.23 bits per heavy atom. The van der Waals surface area contributed by atoms with Gasteiger partial charge in [0.05, 0.1) is 5.92 Å². The van der Waals surface area contributed by atoms with Crippen LogP contribution in [-0.4, -0.2) is 27.3 Å². The van der Waals surface area contributed by atoms with E-state index < -0.39 is 21.6 Å². The van der Waals surface area contributed by atoms with E-state index in [4.69, 9.17) is 9.89 Å². The maximum atomic E-state index is 11.0. The number of nitrogens with one attached hydrogen (secondary N) is 1. The van der Waals surface area contributed by atoms with Gasteiger partial charge in [-0.3, -0.25) is 13.8 Å². The molecule has 0 bridgehead atoms. The minimum atomic E-state index is -2.55. The normalized spacial score (nSPS) is 18.2. The molecule has 0 aliphatic rings. The maximum Gasteiger partial charge on any atom is 0.306 e. The van der Waals surface area contributed by atoms with Crippen LogP contribution >= 0.6 is 0 Å². The summed E-state index contributed by atoms with van der Waals surface area (Å²) in [5, 5.41) is 8.79. The number of carbonyl (C=O) groups is 1. The summed E-state index contributed by atoms with van der Waals surface area (Å²) in [6, 6.07) is 0. The van der Waals surface area contributed by atoms with Gasteiger partial charge >= 0.3 is 5.97 Å². The molecule has 1 unspecified atom stereocenters. The zero-order valence-electron chi connectivity index (χ0n) is 8.24. The second kappa shape index (κ2) is 4.60. The van der Waals surface area contributed by atoms with Crippen molar-refractivity contribution in [3.8, 4) is 0 Å². The van der Waals surface area contributed by atoms with Crippen LogP contribution in [0.15, 0.2) is 0 Å². The fourth-order valence-electron chi connectivity index (χ4n) is 1.09. The molecule has 5 heteroatoms. The zero-order valence-corrected chi connectivity index (χ0v) is 9.06. The van der Waals surface area contributed by atoms with E-state index in [1.807, 2.05) is 13.8 Å². The highest BCUT2D eigenvalue weighted by Crippen LogP contribution is 2.16. The van der Waals surface area contributed by atoms with Gasteiger partial charge in [-0.25, -0.2) is 0 Å². The van der Waals surface area contributed by atoms with Crippen molar-refractivity contribution in [2.45, 2.75) is 20.3 Å². The van der Waals surface area contributed by atoms with Gasteiger partial charge < -0.3 is 5.11 Å². The monoisotopic (exact) mass is 207 g/mol. The standard InChI is InChI=1S/C8H17NO3S/c1-6(2)7(8(10)11)4-5-13(3,9)12/h6-7,9H,4-5H2,1-3H3,(H,10,11)/t7-,13?/m1/s1. The van der Waals surface area contributed by atoms with Crippen LogP contribution in [0.2, 0.25) is 0 Å². The summed E-state index contributed by atoms with van der Waals surface area (Å²) in [6.07, 6.45) is 1.66. The van der Waals surface area contributed by atoms with Crippen molar-refractivity contribution in [2.24, 2.45) is 11.8 Å². The molecule has 0 saturated carbocycles. The average molecular weight is 207 g/mol. The topological polar surface area (TPSA) is 78.2 Å². The van der Waals surface area contributed by atoms with Gasteiger partial charge in [-0.1, -0.05) is 13.8 Å². The molecule has 0 saturated heterocycles. The third-order valence-corrected chi connectivity index (χ3v) is 2.96. The van der Waals surface area contributed by atoms with E-state index in [0.717, 1.165) is 0 Å². The highest BCUT2D eigenvalue weighted by Gasteiger charge is 2.21. The first-order chi connectivity index (χ1) is 5.74. The summed E-state index contributed by atoms with van der Waals surface area (Å²) in [4.78, 5) is 10.7. The highest BCUT2D eigenvalue weighted by molar-refractivity contribution is 7.91. The molecule has 0 amide bonds. The Hall–Kier alpha value is -0.580. The lowest BCUT2D eigenvalue weighted by Gasteiger charge is -2.15. The van der Waals surface area contributed by atoms with Gasteiger partial charge in [0.1, 0.15) is 0 Å². The van der Waals surface area contributed by atoms with Crippen LogP contribution in [0, 0.1) is 16.6 Å². The number of hydrogen-bond acceptors (Lipinski definition) is 3. The van der Waals surface area contributed by atoms with Gasteiger partial charge in [0.2, 0.25) is 0 Å². The Labute approximate surface area is 79.3 Å². The van der Waals surface area contributed by atoms with Crippen molar-refractivity contribution in [2.75, 3.05) is 12.0 Å². The van der Waals surface area contributed by atoms with Crippen molar-refractivity contribution in [3.05, 3.63) is 0 Å². The van der Waals surface area contributed by atoms with Crippen LogP contribution in [-0.2, 0) is 14.5 Å². The van der Waals surface area contributed by atoms with Gasteiger partial charge in [0, 0.05) is 21.7 Å². The Kier molecular flexibility index (Phi) is 4.39. The van der Waals surface area contributed by atoms with Crippen molar-refractivity contribution >= 4 is 15.7 Å². The molecule has 0 heterocycles. The third kappa shape index (κ3) is 5.63. The van der Waals surface area contributed by atoms with E-state index in [2.05, 4.69) is 0 Å². The minimum Gasteiger partial charge on any atom is -0.481 e. The maximum absolute atomic E-state index is 11.0. The van der Waals surface area contributed by atoms with Gasteiger partial charge in [-0.15, -0.1) is 0 Å². The van der Waals surface area contributed by atoms with Crippen LogP contribution in [0.1, 0.15) is 20.3 Å². The summed E-state index contributed by atoms with van der Waals surface area (Å²) in [6.45, 7) is 3.64. The van der Waals surface area contributed by atoms with E-state index in [0.29, 0.717) is 6.42 Å². The Morgan fingerprint density at radius 1 is 1.54 bits per heavy atom. The summed E-state index contributed by atoms with van der Waals surface area (Å²) < 4.78 is 18.2. The SMILES string of the molecule is CC(C)[C@@H](CCS(C)(=N)=O)C(=O)O. The predicted octanol–water partition coefficient (Wildman–Crippen LogP) is 1.41. The lowest BCUT2D eigenvalue weighted by molar-refractivity contribution is -0.143. The van der Waals surface area contributed by atoms with Crippen LogP contribution < -0.4 is 0 Å². The Balaban J connectivity index is 4.22. The lowest BCUT2D eigenvalue weighted by atomic mass is 9.94. The summed E-state index contributed by atoms with van der Waals surface area (Å²) in [5.74, 6) is -1.15. The molecule has 0 fully saturated rings. The molecule has 78 valence electrons. The van der Waals surface area contributed by atoms with E-state index in [1.54, 1.807) is 0 Å². The predicted molar refractivity (Wildman–Crippen MR) is 52.2 cm³/mol.